The molecule has 0 bridgehead atoms. The van der Waals surface area contributed by atoms with Crippen molar-refractivity contribution in [3.63, 3.8) is 0 Å². The van der Waals surface area contributed by atoms with Gasteiger partial charge in [0, 0.05) is 5.02 Å². The second-order valence-electron chi connectivity index (χ2n) is 5.23. The first-order valence-electron chi connectivity index (χ1n) is 7.23. The van der Waals surface area contributed by atoms with Crippen molar-refractivity contribution in [2.24, 2.45) is 0 Å². The topological polar surface area (TPSA) is 49.2 Å². The third-order valence-corrected chi connectivity index (χ3v) is 3.88. The van der Waals surface area contributed by atoms with E-state index in [1.54, 1.807) is 18.2 Å². The molecule has 2 rings (SSSR count). The highest BCUT2D eigenvalue weighted by atomic mass is 35.5. The quantitative estimate of drug-likeness (QED) is 0.785. The highest BCUT2D eigenvalue weighted by molar-refractivity contribution is 6.35. The summed E-state index contributed by atoms with van der Waals surface area (Å²) in [6.07, 6.45) is -0.162. The maximum absolute atomic E-state index is 11.8. The number of halogens is 2. The van der Waals surface area contributed by atoms with Crippen molar-refractivity contribution in [1.82, 2.24) is 0 Å². The zero-order chi connectivity index (χ0) is 15.9. The molecule has 1 aromatic carbocycles. The monoisotopic (exact) mass is 348 g/mol. The Balaban J connectivity index is 1.72. The summed E-state index contributed by atoms with van der Waals surface area (Å²) in [4.78, 5) is 13.2. The molecule has 122 valence electrons. The fraction of sp³-hybridized carbons (Fsp3) is 0.533. The van der Waals surface area contributed by atoms with Crippen LogP contribution in [0.3, 0.4) is 0 Å². The van der Waals surface area contributed by atoms with Gasteiger partial charge in [0.1, 0.15) is 31.5 Å². The number of hydrogen-bond acceptors (Lipinski definition) is 4. The summed E-state index contributed by atoms with van der Waals surface area (Å²) in [6.45, 7) is 5.89. The van der Waals surface area contributed by atoms with E-state index in [0.717, 1.165) is 32.8 Å². The number of carbonyl (C=O) groups excluding carboxylic acids is 1. The third kappa shape index (κ3) is 5.65. The first kappa shape index (κ1) is 17.3. The summed E-state index contributed by atoms with van der Waals surface area (Å²) in [6, 6.07) is 4.84. The second-order valence-corrected chi connectivity index (χ2v) is 6.07. The van der Waals surface area contributed by atoms with E-state index in [-0.39, 0.29) is 12.7 Å². The first-order valence-corrected chi connectivity index (χ1v) is 7.99. The first-order chi connectivity index (χ1) is 10.5. The summed E-state index contributed by atoms with van der Waals surface area (Å²) < 4.78 is 16.0. The van der Waals surface area contributed by atoms with E-state index in [4.69, 9.17) is 37.4 Å². The van der Waals surface area contributed by atoms with Gasteiger partial charge in [0.25, 0.3) is 0 Å². The fourth-order valence-corrected chi connectivity index (χ4v) is 2.76. The highest BCUT2D eigenvalue weighted by Gasteiger charge is 2.20. The molecule has 0 radical (unpaired) electrons. The summed E-state index contributed by atoms with van der Waals surface area (Å²) in [5.74, 6) is 0.000602. The summed E-state index contributed by atoms with van der Waals surface area (Å²) in [7, 11) is 0. The molecular weight excluding hydrogens is 329 g/mol. The number of quaternary nitrogens is 1. The number of carbonyl (C=O) groups is 1. The Morgan fingerprint density at radius 2 is 2.09 bits per heavy atom. The van der Waals surface area contributed by atoms with E-state index >= 15 is 0 Å². The predicted molar refractivity (Wildman–Crippen MR) is 83.9 cm³/mol. The minimum Gasteiger partial charge on any atom is -0.480 e. The molecule has 1 N–H and O–H groups in total. The molecule has 0 saturated carbocycles. The van der Waals surface area contributed by atoms with Crippen LogP contribution in [-0.2, 0) is 14.3 Å². The van der Waals surface area contributed by atoms with E-state index in [9.17, 15) is 4.79 Å². The second kappa shape index (κ2) is 8.58. The summed E-state index contributed by atoms with van der Waals surface area (Å²) in [5.41, 5.74) is 0. The molecule has 0 amide bonds. The lowest BCUT2D eigenvalue weighted by atomic mass is 10.3. The van der Waals surface area contributed by atoms with Gasteiger partial charge in [-0.3, -0.25) is 0 Å². The van der Waals surface area contributed by atoms with Gasteiger partial charge in [0.2, 0.25) is 0 Å². The van der Waals surface area contributed by atoms with Gasteiger partial charge in [0.15, 0.2) is 6.61 Å². The van der Waals surface area contributed by atoms with Gasteiger partial charge in [-0.15, -0.1) is 0 Å². The van der Waals surface area contributed by atoms with Crippen molar-refractivity contribution in [2.45, 2.75) is 13.0 Å². The summed E-state index contributed by atoms with van der Waals surface area (Å²) >= 11 is 11.8. The van der Waals surface area contributed by atoms with Crippen LogP contribution in [0.4, 0.5) is 0 Å². The molecule has 0 aromatic heterocycles. The largest absolute Gasteiger partial charge is 0.480 e. The van der Waals surface area contributed by atoms with Gasteiger partial charge in [-0.1, -0.05) is 23.2 Å². The van der Waals surface area contributed by atoms with Crippen molar-refractivity contribution in [3.8, 4) is 5.75 Å². The van der Waals surface area contributed by atoms with Gasteiger partial charge in [0.05, 0.1) is 18.2 Å². The smallest absolute Gasteiger partial charge is 0.344 e. The van der Waals surface area contributed by atoms with Crippen LogP contribution in [0.5, 0.6) is 5.75 Å². The lowest BCUT2D eigenvalue weighted by Crippen LogP contribution is -3.15. The Morgan fingerprint density at radius 3 is 2.77 bits per heavy atom. The number of nitrogens with one attached hydrogen (secondary N) is 1. The molecule has 1 atom stereocenters. The standard InChI is InChI=1S/C15H19Cl2NO4/c1-11(9-18-4-6-20-7-5-18)22-15(19)10-21-14-3-2-12(16)8-13(14)17/h2-3,8,11H,4-7,9-10H2,1H3/p+1/t11-/m0/s1. The number of benzene rings is 1. The van der Waals surface area contributed by atoms with Crippen molar-refractivity contribution in [2.75, 3.05) is 39.5 Å². The molecule has 1 aromatic rings. The Bertz CT molecular complexity index is 506. The molecule has 1 heterocycles. The molecule has 5 nitrogen and oxygen atoms in total. The molecule has 1 fully saturated rings. The molecule has 1 aliphatic rings. The SMILES string of the molecule is C[C@@H](C[NH+]1CCOCC1)OC(=O)COc1ccc(Cl)cc1Cl. The Morgan fingerprint density at radius 1 is 1.36 bits per heavy atom. The van der Waals surface area contributed by atoms with Gasteiger partial charge >= 0.3 is 5.97 Å². The van der Waals surface area contributed by atoms with Crippen LogP contribution in [0.1, 0.15) is 6.92 Å². The minimum atomic E-state index is -0.411. The average molecular weight is 349 g/mol. The molecule has 0 spiro atoms. The lowest BCUT2D eigenvalue weighted by molar-refractivity contribution is -0.910. The van der Waals surface area contributed by atoms with Crippen LogP contribution in [0.25, 0.3) is 0 Å². The van der Waals surface area contributed by atoms with Crippen LogP contribution >= 0.6 is 23.2 Å². The summed E-state index contributed by atoms with van der Waals surface area (Å²) in [5, 5.41) is 0.883. The van der Waals surface area contributed by atoms with Crippen LogP contribution in [0.15, 0.2) is 18.2 Å². The molecule has 1 saturated heterocycles. The Hall–Kier alpha value is -1.01. The third-order valence-electron chi connectivity index (χ3n) is 3.35. The number of rotatable bonds is 6. The van der Waals surface area contributed by atoms with E-state index in [2.05, 4.69) is 0 Å². The molecular formula is C15H20Cl2NO4+. The van der Waals surface area contributed by atoms with Crippen molar-refractivity contribution < 1.29 is 23.9 Å². The molecule has 7 heteroatoms. The molecule has 1 aliphatic heterocycles. The van der Waals surface area contributed by atoms with E-state index in [1.807, 2.05) is 6.92 Å². The van der Waals surface area contributed by atoms with E-state index in [0.29, 0.717) is 15.8 Å². The van der Waals surface area contributed by atoms with Crippen molar-refractivity contribution in [3.05, 3.63) is 28.2 Å². The normalized spacial score (nSPS) is 17.0. The number of hydrogen-bond donors (Lipinski definition) is 1. The Kier molecular flexibility index (Phi) is 6.76. The Labute approximate surface area is 140 Å². The fourth-order valence-electron chi connectivity index (χ4n) is 2.30. The average Bonchev–Trinajstić information content (AvgIpc) is 2.47. The maximum atomic E-state index is 11.8. The minimum absolute atomic E-state index is 0.162. The van der Waals surface area contributed by atoms with Crippen LogP contribution < -0.4 is 9.64 Å². The zero-order valence-electron chi connectivity index (χ0n) is 12.4. The van der Waals surface area contributed by atoms with Gasteiger partial charge in [-0.25, -0.2) is 4.79 Å². The number of morpholine rings is 1. The maximum Gasteiger partial charge on any atom is 0.344 e. The highest BCUT2D eigenvalue weighted by Crippen LogP contribution is 2.27. The van der Waals surface area contributed by atoms with Gasteiger partial charge in [-0.05, 0) is 25.1 Å². The van der Waals surface area contributed by atoms with Gasteiger partial charge < -0.3 is 19.1 Å². The van der Waals surface area contributed by atoms with Crippen LogP contribution in [0, 0.1) is 0 Å². The van der Waals surface area contributed by atoms with Gasteiger partial charge in [-0.2, -0.15) is 0 Å². The van der Waals surface area contributed by atoms with Crippen LogP contribution in [-0.4, -0.2) is 51.5 Å². The van der Waals surface area contributed by atoms with E-state index < -0.39 is 5.97 Å². The van der Waals surface area contributed by atoms with Crippen molar-refractivity contribution >= 4 is 29.2 Å². The number of esters is 1. The molecule has 0 aliphatic carbocycles. The zero-order valence-corrected chi connectivity index (χ0v) is 14.0. The lowest BCUT2D eigenvalue weighted by Gasteiger charge is -2.26. The molecule has 0 unspecified atom stereocenters. The predicted octanol–water partition coefficient (Wildman–Crippen LogP) is 1.22. The van der Waals surface area contributed by atoms with Crippen LogP contribution in [0.2, 0.25) is 10.0 Å². The molecule has 22 heavy (non-hydrogen) atoms. The van der Waals surface area contributed by atoms with E-state index in [1.165, 1.54) is 4.90 Å². The van der Waals surface area contributed by atoms with Crippen molar-refractivity contribution in [1.29, 1.82) is 0 Å². The number of ether oxygens (including phenoxy) is 3.